The second kappa shape index (κ2) is 11.0. The molecule has 4 rings (SSSR count). The minimum atomic E-state index is -0.803. The zero-order valence-corrected chi connectivity index (χ0v) is 19.2. The molecule has 1 aliphatic rings. The summed E-state index contributed by atoms with van der Waals surface area (Å²) in [5.41, 5.74) is 4.51. The number of hydrogen-bond donors (Lipinski definition) is 1. The third-order valence-corrected chi connectivity index (χ3v) is 6.07. The number of ether oxygens (including phenoxy) is 1. The minimum Gasteiger partial charge on any atom is -0.493 e. The number of anilines is 1. The van der Waals surface area contributed by atoms with E-state index in [0.29, 0.717) is 19.6 Å². The first-order valence-corrected chi connectivity index (χ1v) is 11.5. The highest BCUT2D eigenvalue weighted by molar-refractivity contribution is 5.67. The highest BCUT2D eigenvalue weighted by Crippen LogP contribution is 2.24. The van der Waals surface area contributed by atoms with Gasteiger partial charge in [-0.2, -0.15) is 5.10 Å². The van der Waals surface area contributed by atoms with Gasteiger partial charge in [0.05, 0.1) is 13.2 Å². The van der Waals surface area contributed by atoms with Gasteiger partial charge in [-0.3, -0.25) is 9.48 Å². The molecular weight excluding hydrogens is 416 g/mol. The lowest BCUT2D eigenvalue weighted by atomic mass is 10.1. The summed E-state index contributed by atoms with van der Waals surface area (Å²) >= 11 is 0. The van der Waals surface area contributed by atoms with Crippen molar-refractivity contribution in [3.63, 3.8) is 0 Å². The largest absolute Gasteiger partial charge is 0.493 e. The molecule has 1 fully saturated rings. The number of nitrogens with zero attached hydrogens (tertiary/aromatic N) is 4. The number of aryl methyl sites for hydroxylation is 1. The topological polar surface area (TPSA) is 70.8 Å². The van der Waals surface area contributed by atoms with Crippen molar-refractivity contribution >= 4 is 11.7 Å². The minimum absolute atomic E-state index is 0.0852. The lowest BCUT2D eigenvalue weighted by Gasteiger charge is -2.34. The van der Waals surface area contributed by atoms with Crippen LogP contribution >= 0.6 is 0 Å². The molecule has 0 atom stereocenters. The first kappa shape index (κ1) is 22.9. The van der Waals surface area contributed by atoms with E-state index in [2.05, 4.69) is 46.2 Å². The molecule has 33 heavy (non-hydrogen) atoms. The highest BCUT2D eigenvalue weighted by Gasteiger charge is 2.14. The van der Waals surface area contributed by atoms with Crippen LogP contribution in [0.2, 0.25) is 0 Å². The second-order valence-electron chi connectivity index (χ2n) is 8.60. The van der Waals surface area contributed by atoms with Crippen LogP contribution in [0.5, 0.6) is 5.75 Å². The Hall–Kier alpha value is -3.32. The summed E-state index contributed by atoms with van der Waals surface area (Å²) in [5.74, 6) is -0.0431. The molecular formula is C26H32N4O3. The maximum atomic E-state index is 11.1. The molecule has 0 bridgehead atoms. The van der Waals surface area contributed by atoms with E-state index in [0.717, 1.165) is 49.5 Å². The van der Waals surface area contributed by atoms with Crippen LogP contribution in [-0.4, -0.2) is 65.6 Å². The summed E-state index contributed by atoms with van der Waals surface area (Å²) in [6.45, 7) is 5.45. The number of carboxylic acids is 1. The Morgan fingerprint density at radius 3 is 2.64 bits per heavy atom. The van der Waals surface area contributed by atoms with Crippen molar-refractivity contribution in [2.75, 3.05) is 44.7 Å². The molecule has 0 amide bonds. The van der Waals surface area contributed by atoms with Gasteiger partial charge in [0.2, 0.25) is 0 Å². The van der Waals surface area contributed by atoms with Crippen molar-refractivity contribution in [1.29, 1.82) is 0 Å². The summed E-state index contributed by atoms with van der Waals surface area (Å²) in [5, 5.41) is 13.4. The molecule has 0 spiro atoms. The zero-order chi connectivity index (χ0) is 23.0. The summed E-state index contributed by atoms with van der Waals surface area (Å²) < 4.78 is 8.05. The van der Waals surface area contributed by atoms with Gasteiger partial charge in [-0.05, 0) is 54.4 Å². The molecule has 2 heterocycles. The Morgan fingerprint density at radius 2 is 1.88 bits per heavy atom. The molecule has 3 aromatic rings. The van der Waals surface area contributed by atoms with Crippen LogP contribution < -0.4 is 9.64 Å². The number of hydrogen-bond acceptors (Lipinski definition) is 5. The van der Waals surface area contributed by atoms with Crippen LogP contribution in [0.3, 0.4) is 0 Å². The van der Waals surface area contributed by atoms with Crippen LogP contribution in [0.4, 0.5) is 5.69 Å². The summed E-state index contributed by atoms with van der Waals surface area (Å²) in [6.07, 6.45) is 5.01. The molecule has 0 aliphatic carbocycles. The van der Waals surface area contributed by atoms with Gasteiger partial charge in [-0.15, -0.1) is 0 Å². The molecule has 7 nitrogen and oxygen atoms in total. The normalized spacial score (nSPS) is 14.4. The average Bonchev–Trinajstić information content (AvgIpc) is 3.32. The molecule has 0 unspecified atom stereocenters. The van der Waals surface area contributed by atoms with E-state index in [-0.39, 0.29) is 6.42 Å². The number of benzene rings is 2. The van der Waals surface area contributed by atoms with Crippen molar-refractivity contribution in [3.8, 4) is 5.75 Å². The van der Waals surface area contributed by atoms with Crippen molar-refractivity contribution in [1.82, 2.24) is 14.7 Å². The molecule has 1 aromatic heterocycles. The number of carboxylic acid groups (broad SMARTS) is 1. The molecule has 174 valence electrons. The fraction of sp³-hybridized carbons (Fsp3) is 0.385. The van der Waals surface area contributed by atoms with E-state index in [1.165, 1.54) is 11.3 Å². The fourth-order valence-corrected chi connectivity index (χ4v) is 4.11. The maximum Gasteiger partial charge on any atom is 0.303 e. The van der Waals surface area contributed by atoms with Crippen LogP contribution in [0, 0.1) is 0 Å². The van der Waals surface area contributed by atoms with E-state index < -0.39 is 5.97 Å². The van der Waals surface area contributed by atoms with Gasteiger partial charge in [0.25, 0.3) is 0 Å². The van der Waals surface area contributed by atoms with Gasteiger partial charge in [0.1, 0.15) is 5.75 Å². The smallest absolute Gasteiger partial charge is 0.303 e. The predicted octanol–water partition coefficient (Wildman–Crippen LogP) is 3.32. The molecule has 1 N–H and O–H groups in total. The number of aromatic nitrogens is 2. The van der Waals surface area contributed by atoms with Crippen molar-refractivity contribution in [3.05, 3.63) is 77.6 Å². The number of piperazine rings is 1. The van der Waals surface area contributed by atoms with E-state index in [1.807, 2.05) is 35.1 Å². The van der Waals surface area contributed by atoms with Gasteiger partial charge in [-0.25, -0.2) is 0 Å². The Kier molecular flexibility index (Phi) is 7.62. The van der Waals surface area contributed by atoms with Crippen molar-refractivity contribution in [2.24, 2.45) is 0 Å². The molecule has 1 aliphatic heterocycles. The van der Waals surface area contributed by atoms with Gasteiger partial charge in [0, 0.05) is 57.1 Å². The molecule has 2 aromatic carbocycles. The Bertz CT molecular complexity index is 1040. The predicted molar refractivity (Wildman–Crippen MR) is 129 cm³/mol. The average molecular weight is 449 g/mol. The van der Waals surface area contributed by atoms with Crippen molar-refractivity contribution in [2.45, 2.75) is 25.8 Å². The lowest BCUT2D eigenvalue weighted by Crippen LogP contribution is -2.44. The van der Waals surface area contributed by atoms with E-state index in [4.69, 9.17) is 9.84 Å². The molecule has 7 heteroatoms. The first-order valence-electron chi connectivity index (χ1n) is 11.5. The van der Waals surface area contributed by atoms with Gasteiger partial charge < -0.3 is 19.6 Å². The lowest BCUT2D eigenvalue weighted by molar-refractivity contribution is -0.136. The van der Waals surface area contributed by atoms with Gasteiger partial charge in [0.15, 0.2) is 0 Å². The maximum absolute atomic E-state index is 11.1. The highest BCUT2D eigenvalue weighted by atomic mass is 16.5. The standard InChI is InChI=1S/C26H32N4O3/c1-28-13-15-29(16-14-28)24-5-2-4-21(18-24)10-17-33-25-19-22(20-30-12-3-11-27-30)6-7-23(25)8-9-26(31)32/h2-7,11-12,18-19H,8-10,13-17,20H2,1H3,(H,31,32). The molecule has 0 radical (unpaired) electrons. The monoisotopic (exact) mass is 448 g/mol. The third kappa shape index (κ3) is 6.58. The van der Waals surface area contributed by atoms with E-state index in [9.17, 15) is 4.79 Å². The number of rotatable bonds is 10. The van der Waals surface area contributed by atoms with Gasteiger partial charge in [-0.1, -0.05) is 24.3 Å². The van der Waals surface area contributed by atoms with Crippen LogP contribution in [-0.2, 0) is 24.2 Å². The fourth-order valence-electron chi connectivity index (χ4n) is 4.11. The van der Waals surface area contributed by atoms with Crippen LogP contribution in [0.25, 0.3) is 0 Å². The van der Waals surface area contributed by atoms with Crippen LogP contribution in [0.1, 0.15) is 23.1 Å². The van der Waals surface area contributed by atoms with Crippen molar-refractivity contribution < 1.29 is 14.6 Å². The first-order chi connectivity index (χ1) is 16.1. The Morgan fingerprint density at radius 1 is 1.03 bits per heavy atom. The van der Waals surface area contributed by atoms with E-state index >= 15 is 0 Å². The van der Waals surface area contributed by atoms with E-state index in [1.54, 1.807) is 6.20 Å². The quantitative estimate of drug-likeness (QED) is 0.513. The molecule has 1 saturated heterocycles. The van der Waals surface area contributed by atoms with Crippen LogP contribution in [0.15, 0.2) is 60.9 Å². The third-order valence-electron chi connectivity index (χ3n) is 6.07. The summed E-state index contributed by atoms with van der Waals surface area (Å²) in [4.78, 5) is 15.9. The number of aliphatic carboxylic acids is 1. The Labute approximate surface area is 195 Å². The molecule has 0 saturated carbocycles. The summed E-state index contributed by atoms with van der Waals surface area (Å²) in [6, 6.07) is 16.6. The number of likely N-dealkylation sites (N-methyl/N-ethyl adjacent to an activating group) is 1. The SMILES string of the molecule is CN1CCN(c2cccc(CCOc3cc(Cn4cccn4)ccc3CCC(=O)O)c2)CC1. The Balaban J connectivity index is 1.40. The van der Waals surface area contributed by atoms with Gasteiger partial charge >= 0.3 is 5.97 Å². The zero-order valence-electron chi connectivity index (χ0n) is 19.2. The second-order valence-corrected chi connectivity index (χ2v) is 8.60. The summed E-state index contributed by atoms with van der Waals surface area (Å²) in [7, 11) is 2.17. The number of carbonyl (C=O) groups is 1.